The third-order valence-electron chi connectivity index (χ3n) is 6.11. The lowest BCUT2D eigenvalue weighted by atomic mass is 10.0. The molecule has 0 saturated carbocycles. The first-order valence-corrected chi connectivity index (χ1v) is 12.2. The summed E-state index contributed by atoms with van der Waals surface area (Å²) in [4.78, 5) is 33.4. The Labute approximate surface area is 207 Å². The number of phenolic OH excluding ortho intramolecular Hbond substituents is 1. The number of nitrogens with zero attached hydrogens (tertiary/aromatic N) is 2. The number of likely N-dealkylation sites (N-methyl/N-ethyl adjacent to an activating group) is 1. The molecule has 6 nitrogen and oxygen atoms in total. The zero-order valence-corrected chi connectivity index (χ0v) is 20.0. The Kier molecular flexibility index (Phi) is 6.33. The minimum Gasteiger partial charge on any atom is -0.508 e. The molecular formula is C28H24N2O4S. The molecule has 4 aromatic rings. The van der Waals surface area contributed by atoms with Crippen molar-refractivity contribution in [1.29, 1.82) is 0 Å². The highest BCUT2D eigenvalue weighted by Crippen LogP contribution is 2.38. The highest BCUT2D eigenvalue weighted by atomic mass is 32.1. The number of benzene rings is 2. The van der Waals surface area contributed by atoms with Crippen LogP contribution in [-0.2, 0) is 22.5 Å². The number of aromatic nitrogens is 1. The predicted molar refractivity (Wildman–Crippen MR) is 137 cm³/mol. The Balaban J connectivity index is 1.42. The van der Waals surface area contributed by atoms with Crippen molar-refractivity contribution in [3.8, 4) is 5.75 Å². The Bertz CT molecular complexity index is 1430. The molecule has 1 aliphatic carbocycles. The van der Waals surface area contributed by atoms with Crippen molar-refractivity contribution in [2.75, 3.05) is 13.7 Å². The largest absolute Gasteiger partial charge is 0.508 e. The summed E-state index contributed by atoms with van der Waals surface area (Å²) in [6.45, 7) is 0.162. The summed E-state index contributed by atoms with van der Waals surface area (Å²) in [7, 11) is 1.70. The maximum absolute atomic E-state index is 13.3. The Morgan fingerprint density at radius 3 is 2.66 bits per heavy atom. The van der Waals surface area contributed by atoms with Gasteiger partial charge in [0.15, 0.2) is 6.61 Å². The third-order valence-corrected chi connectivity index (χ3v) is 6.97. The van der Waals surface area contributed by atoms with Crippen LogP contribution in [-0.4, -0.2) is 40.5 Å². The Morgan fingerprint density at radius 1 is 1.09 bits per heavy atom. The average Bonchev–Trinajstić information content (AvgIpc) is 3.52. The molecule has 7 heteroatoms. The van der Waals surface area contributed by atoms with Crippen LogP contribution in [0.3, 0.4) is 0 Å². The lowest BCUT2D eigenvalue weighted by Gasteiger charge is -2.17. The second-order valence-electron chi connectivity index (χ2n) is 8.50. The van der Waals surface area contributed by atoms with Crippen molar-refractivity contribution in [1.82, 2.24) is 9.88 Å². The fourth-order valence-corrected chi connectivity index (χ4v) is 5.08. The monoisotopic (exact) mass is 484 g/mol. The second-order valence-corrected chi connectivity index (χ2v) is 9.53. The number of pyridine rings is 1. The molecule has 0 radical (unpaired) electrons. The number of rotatable bonds is 6. The molecule has 1 N–H and O–H groups in total. The highest BCUT2D eigenvalue weighted by Gasteiger charge is 2.28. The molecule has 2 aromatic heterocycles. The molecule has 0 saturated heterocycles. The van der Waals surface area contributed by atoms with E-state index in [4.69, 9.17) is 9.72 Å². The van der Waals surface area contributed by atoms with Crippen LogP contribution in [0.2, 0.25) is 0 Å². The van der Waals surface area contributed by atoms with Gasteiger partial charge in [-0.1, -0.05) is 36.4 Å². The lowest BCUT2D eigenvalue weighted by molar-refractivity contribution is -0.133. The minimum atomic E-state index is -0.511. The molecule has 2 heterocycles. The highest BCUT2D eigenvalue weighted by molar-refractivity contribution is 7.09. The molecule has 1 aliphatic rings. The summed E-state index contributed by atoms with van der Waals surface area (Å²) in [5, 5.41) is 12.3. The van der Waals surface area contributed by atoms with E-state index in [0.717, 1.165) is 39.1 Å². The normalized spacial score (nSPS) is 13.7. The van der Waals surface area contributed by atoms with Gasteiger partial charge in [0.05, 0.1) is 23.3 Å². The van der Waals surface area contributed by atoms with Crippen molar-refractivity contribution in [3.63, 3.8) is 0 Å². The van der Waals surface area contributed by atoms with Crippen molar-refractivity contribution >= 4 is 45.8 Å². The van der Waals surface area contributed by atoms with Crippen LogP contribution in [0.5, 0.6) is 5.75 Å². The van der Waals surface area contributed by atoms with E-state index in [1.165, 1.54) is 0 Å². The maximum Gasteiger partial charge on any atom is 0.339 e. The van der Waals surface area contributed by atoms with Gasteiger partial charge < -0.3 is 14.7 Å². The van der Waals surface area contributed by atoms with Gasteiger partial charge in [-0.2, -0.15) is 0 Å². The van der Waals surface area contributed by atoms with Crippen LogP contribution in [0.4, 0.5) is 0 Å². The van der Waals surface area contributed by atoms with Gasteiger partial charge in [-0.25, -0.2) is 9.78 Å². The van der Waals surface area contributed by atoms with Gasteiger partial charge in [-0.15, -0.1) is 11.3 Å². The van der Waals surface area contributed by atoms with Gasteiger partial charge in [0, 0.05) is 17.3 Å². The van der Waals surface area contributed by atoms with Gasteiger partial charge in [0.1, 0.15) is 5.75 Å². The molecular weight excluding hydrogens is 460 g/mol. The second kappa shape index (κ2) is 9.72. The molecule has 5 rings (SSSR count). The van der Waals surface area contributed by atoms with E-state index in [1.807, 2.05) is 60.0 Å². The summed E-state index contributed by atoms with van der Waals surface area (Å²) in [6, 6.07) is 18.4. The molecule has 35 heavy (non-hydrogen) atoms. The smallest absolute Gasteiger partial charge is 0.339 e. The third kappa shape index (κ3) is 4.81. The van der Waals surface area contributed by atoms with Gasteiger partial charge in [-0.3, -0.25) is 4.79 Å². The topological polar surface area (TPSA) is 79.7 Å². The fraction of sp³-hybridized carbons (Fsp3) is 0.179. The van der Waals surface area contributed by atoms with Gasteiger partial charge in [0.2, 0.25) is 0 Å². The van der Waals surface area contributed by atoms with Crippen molar-refractivity contribution < 1.29 is 19.4 Å². The van der Waals surface area contributed by atoms with Crippen LogP contribution in [0.15, 0.2) is 66.0 Å². The molecule has 2 aromatic carbocycles. The van der Waals surface area contributed by atoms with E-state index in [0.29, 0.717) is 24.0 Å². The number of carbonyl (C=O) groups excluding carboxylic acids is 2. The lowest BCUT2D eigenvalue weighted by Crippen LogP contribution is -2.30. The summed E-state index contributed by atoms with van der Waals surface area (Å²) >= 11 is 1.58. The van der Waals surface area contributed by atoms with E-state index in [9.17, 15) is 14.7 Å². The number of ether oxygens (including phenoxy) is 1. The van der Waals surface area contributed by atoms with Gasteiger partial charge >= 0.3 is 5.97 Å². The molecule has 0 aliphatic heterocycles. The fourth-order valence-electron chi connectivity index (χ4n) is 4.32. The average molecular weight is 485 g/mol. The number of aromatic hydroxyl groups is 1. The zero-order valence-electron chi connectivity index (χ0n) is 19.2. The SMILES string of the molecule is CN(Cc1cccs1)C(=O)COC(=O)c1c2c(nc3ccccc13)/C(=C/c1ccc(O)cc1)CC2. The van der Waals surface area contributed by atoms with Crippen molar-refractivity contribution in [3.05, 3.63) is 93.3 Å². The predicted octanol–water partition coefficient (Wildman–Crippen LogP) is 5.30. The van der Waals surface area contributed by atoms with Crippen LogP contribution >= 0.6 is 11.3 Å². The number of fused-ring (bicyclic) bond motifs is 2. The molecule has 0 spiro atoms. The molecule has 1 amide bonds. The van der Waals surface area contributed by atoms with Gasteiger partial charge in [-0.05, 0) is 65.3 Å². The number of phenols is 1. The summed E-state index contributed by atoms with van der Waals surface area (Å²) in [5.74, 6) is -0.554. The zero-order chi connectivity index (χ0) is 24.4. The summed E-state index contributed by atoms with van der Waals surface area (Å²) in [6.07, 6.45) is 3.43. The number of para-hydroxylation sites is 1. The van der Waals surface area contributed by atoms with Crippen molar-refractivity contribution in [2.24, 2.45) is 0 Å². The number of thiophene rings is 1. The van der Waals surface area contributed by atoms with E-state index in [2.05, 4.69) is 0 Å². The van der Waals surface area contributed by atoms with E-state index >= 15 is 0 Å². The first-order chi connectivity index (χ1) is 17.0. The van der Waals surface area contributed by atoms with Crippen molar-refractivity contribution in [2.45, 2.75) is 19.4 Å². The van der Waals surface area contributed by atoms with Crippen LogP contribution < -0.4 is 0 Å². The molecule has 0 atom stereocenters. The quantitative estimate of drug-likeness (QED) is 0.376. The van der Waals surface area contributed by atoms with Crippen LogP contribution in [0.25, 0.3) is 22.6 Å². The Morgan fingerprint density at radius 2 is 1.89 bits per heavy atom. The first kappa shape index (κ1) is 22.8. The maximum atomic E-state index is 13.3. The van der Waals surface area contributed by atoms with E-state index < -0.39 is 5.97 Å². The molecule has 0 fully saturated rings. The van der Waals surface area contributed by atoms with Crippen LogP contribution in [0, 0.1) is 0 Å². The van der Waals surface area contributed by atoms with E-state index in [-0.39, 0.29) is 18.3 Å². The summed E-state index contributed by atoms with van der Waals surface area (Å²) < 4.78 is 5.53. The number of hydrogen-bond acceptors (Lipinski definition) is 6. The molecule has 176 valence electrons. The Hall–Kier alpha value is -3.97. The number of esters is 1. The number of amides is 1. The number of hydrogen-bond donors (Lipinski definition) is 1. The van der Waals surface area contributed by atoms with E-state index in [1.54, 1.807) is 35.4 Å². The number of allylic oxidation sites excluding steroid dienone is 1. The summed E-state index contributed by atoms with van der Waals surface area (Å²) in [5.41, 5.74) is 4.79. The first-order valence-electron chi connectivity index (χ1n) is 11.3. The van der Waals surface area contributed by atoms with Crippen LogP contribution in [0.1, 0.15) is 38.5 Å². The molecule has 0 unspecified atom stereocenters. The standard InChI is InChI=1S/C28H24N2O4S/c1-30(16-21-5-4-14-35-21)25(32)17-34-28(33)26-22-6-2-3-7-24(22)29-27-19(10-13-23(26)27)15-18-8-11-20(31)12-9-18/h2-9,11-12,14-15,31H,10,13,16-17H2,1H3/b19-15+. The minimum absolute atomic E-state index is 0.212. The molecule has 0 bridgehead atoms. The number of carbonyl (C=O) groups is 2. The van der Waals surface area contributed by atoms with Gasteiger partial charge in [0.25, 0.3) is 5.91 Å².